The third-order valence-corrected chi connectivity index (χ3v) is 6.56. The second kappa shape index (κ2) is 10.5. The molecule has 1 aliphatic rings. The van der Waals surface area contributed by atoms with Crippen LogP contribution in [0.4, 0.5) is 18.9 Å². The fraction of sp³-hybridized carbons (Fsp3) is 0.350. The monoisotopic (exact) mass is 513 g/mol. The van der Waals surface area contributed by atoms with Crippen LogP contribution < -0.4 is 10.1 Å². The normalized spacial score (nSPS) is 14.7. The lowest BCUT2D eigenvalue weighted by Gasteiger charge is -2.26. The van der Waals surface area contributed by atoms with Crippen molar-refractivity contribution < 1.29 is 32.2 Å². The Hall–Kier alpha value is -2.94. The van der Waals surface area contributed by atoms with Crippen LogP contribution in [-0.4, -0.2) is 71.0 Å². The average Bonchev–Trinajstić information content (AvgIpc) is 3.46. The van der Waals surface area contributed by atoms with Gasteiger partial charge >= 0.3 is 6.36 Å². The van der Waals surface area contributed by atoms with Crippen molar-refractivity contribution in [2.24, 2.45) is 0 Å². The maximum Gasteiger partial charge on any atom is 0.573 e. The van der Waals surface area contributed by atoms with Crippen LogP contribution in [-0.2, 0) is 16.0 Å². The molecule has 0 unspecified atom stereocenters. The lowest BCUT2D eigenvalue weighted by atomic mass is 10.1. The van der Waals surface area contributed by atoms with Gasteiger partial charge in [0.05, 0.1) is 42.3 Å². The van der Waals surface area contributed by atoms with E-state index in [1.807, 2.05) is 4.90 Å². The molecule has 180 valence electrons. The van der Waals surface area contributed by atoms with Gasteiger partial charge in [0, 0.05) is 24.8 Å². The third kappa shape index (κ3) is 6.56. The highest BCUT2D eigenvalue weighted by atomic mass is 32.1. The van der Waals surface area contributed by atoms with Crippen LogP contribution in [0.2, 0.25) is 0 Å². The highest BCUT2D eigenvalue weighted by Crippen LogP contribution is 2.32. The molecule has 0 aliphatic carbocycles. The van der Waals surface area contributed by atoms with Crippen molar-refractivity contribution in [1.29, 1.82) is 0 Å². The molecule has 4 rings (SSSR count). The summed E-state index contributed by atoms with van der Waals surface area (Å²) in [5.74, 6) is -1.53. The minimum atomic E-state index is -4.96. The first-order valence-electron chi connectivity index (χ1n) is 10.0. The Balaban J connectivity index is 1.49. The minimum absolute atomic E-state index is 0.0296. The van der Waals surface area contributed by atoms with E-state index in [4.69, 9.17) is 4.74 Å². The van der Waals surface area contributed by atoms with Crippen LogP contribution in [0.1, 0.15) is 15.4 Å². The first kappa shape index (κ1) is 24.2. The van der Waals surface area contributed by atoms with Gasteiger partial charge in [-0.25, -0.2) is 0 Å². The predicted molar refractivity (Wildman–Crippen MR) is 118 cm³/mol. The smallest absolute Gasteiger partial charge is 0.404 e. The molecule has 2 aromatic heterocycles. The standard InChI is InChI=1S/C20H18F3N5O4S2/c21-20(22,23)32-15-2-1-12(7-13(15)25-17(30)10-28-3-5-31-6-4-28)14(29)8-18-26-27-19(34-18)16-9-24-11-33-16/h1-2,7,9,11H,3-6,8,10H2,(H,25,30). The van der Waals surface area contributed by atoms with Gasteiger partial charge < -0.3 is 14.8 Å². The molecule has 0 bridgehead atoms. The van der Waals surface area contributed by atoms with Crippen LogP contribution >= 0.6 is 22.7 Å². The molecule has 3 aromatic rings. The summed E-state index contributed by atoms with van der Waals surface area (Å²) in [4.78, 5) is 31.8. The summed E-state index contributed by atoms with van der Waals surface area (Å²) in [6.07, 6.45) is -3.42. The molecule has 14 heteroatoms. The number of hydrogen-bond acceptors (Lipinski definition) is 10. The highest BCUT2D eigenvalue weighted by Gasteiger charge is 2.32. The summed E-state index contributed by atoms with van der Waals surface area (Å²) in [5, 5.41) is 11.6. The number of carbonyl (C=O) groups excluding carboxylic acids is 2. The van der Waals surface area contributed by atoms with Gasteiger partial charge in [-0.15, -0.1) is 34.7 Å². The van der Waals surface area contributed by atoms with E-state index in [0.717, 1.165) is 10.9 Å². The third-order valence-electron chi connectivity index (χ3n) is 4.69. The number of hydrogen-bond donors (Lipinski definition) is 1. The first-order valence-corrected chi connectivity index (χ1v) is 11.7. The molecule has 1 aromatic carbocycles. The molecular formula is C20H18F3N5O4S2. The summed E-state index contributed by atoms with van der Waals surface area (Å²) in [6, 6.07) is 3.39. The Bertz CT molecular complexity index is 1150. The van der Waals surface area contributed by atoms with Gasteiger partial charge in [0.25, 0.3) is 0 Å². The zero-order valence-corrected chi connectivity index (χ0v) is 19.1. The van der Waals surface area contributed by atoms with Crippen molar-refractivity contribution in [3.8, 4) is 15.6 Å². The number of morpholine rings is 1. The number of thiazole rings is 1. The van der Waals surface area contributed by atoms with Crippen LogP contribution in [0.5, 0.6) is 5.75 Å². The number of amides is 1. The van der Waals surface area contributed by atoms with E-state index >= 15 is 0 Å². The molecule has 1 fully saturated rings. The minimum Gasteiger partial charge on any atom is -0.404 e. The average molecular weight is 514 g/mol. The molecule has 1 aliphatic heterocycles. The molecule has 1 saturated heterocycles. The van der Waals surface area contributed by atoms with E-state index < -0.39 is 23.8 Å². The molecule has 1 N–H and O–H groups in total. The number of carbonyl (C=O) groups is 2. The SMILES string of the molecule is O=C(CN1CCOCC1)Nc1cc(C(=O)Cc2nnc(-c3cncs3)s2)ccc1OC(F)(F)F. The van der Waals surface area contributed by atoms with Crippen LogP contribution in [0.15, 0.2) is 29.9 Å². The number of halogens is 3. The second-order valence-electron chi connectivity index (χ2n) is 7.16. The maximum atomic E-state index is 12.9. The zero-order chi connectivity index (χ0) is 24.1. The van der Waals surface area contributed by atoms with E-state index in [0.29, 0.717) is 36.3 Å². The largest absolute Gasteiger partial charge is 0.573 e. The van der Waals surface area contributed by atoms with Gasteiger partial charge in [-0.3, -0.25) is 19.5 Å². The number of Topliss-reactive ketones (excluding diaryl/α,β-unsaturated/α-hetero) is 1. The quantitative estimate of drug-likeness (QED) is 0.458. The van der Waals surface area contributed by atoms with E-state index in [2.05, 4.69) is 25.2 Å². The Morgan fingerprint density at radius 2 is 2.00 bits per heavy atom. The Kier molecular flexibility index (Phi) is 7.50. The van der Waals surface area contributed by atoms with Crippen molar-refractivity contribution in [3.63, 3.8) is 0 Å². The van der Waals surface area contributed by atoms with Crippen molar-refractivity contribution in [2.75, 3.05) is 38.2 Å². The van der Waals surface area contributed by atoms with E-state index in [1.165, 1.54) is 34.8 Å². The summed E-state index contributed by atoms with van der Waals surface area (Å²) >= 11 is 2.61. The lowest BCUT2D eigenvalue weighted by molar-refractivity contribution is -0.274. The van der Waals surface area contributed by atoms with E-state index in [-0.39, 0.29) is 24.2 Å². The molecule has 0 atom stereocenters. The summed E-state index contributed by atoms with van der Waals surface area (Å²) in [7, 11) is 0. The van der Waals surface area contributed by atoms with Gasteiger partial charge in [0.1, 0.15) is 5.01 Å². The summed E-state index contributed by atoms with van der Waals surface area (Å²) < 4.78 is 47.8. The topological polar surface area (TPSA) is 107 Å². The molecule has 9 nitrogen and oxygen atoms in total. The number of alkyl halides is 3. The molecule has 0 radical (unpaired) electrons. The van der Waals surface area contributed by atoms with Gasteiger partial charge in [-0.1, -0.05) is 11.3 Å². The van der Waals surface area contributed by atoms with Crippen molar-refractivity contribution in [1.82, 2.24) is 20.1 Å². The molecule has 1 amide bonds. The van der Waals surface area contributed by atoms with E-state index in [9.17, 15) is 22.8 Å². The molecule has 0 saturated carbocycles. The predicted octanol–water partition coefficient (Wildman–Crippen LogP) is 3.26. The van der Waals surface area contributed by atoms with Crippen molar-refractivity contribution in [2.45, 2.75) is 12.8 Å². The number of rotatable bonds is 8. The summed E-state index contributed by atoms with van der Waals surface area (Å²) in [5.41, 5.74) is 1.51. The number of anilines is 1. The Labute approximate surface area is 199 Å². The van der Waals surface area contributed by atoms with Crippen molar-refractivity contribution in [3.05, 3.63) is 40.5 Å². The van der Waals surface area contributed by atoms with Gasteiger partial charge in [-0.05, 0) is 18.2 Å². The fourth-order valence-electron chi connectivity index (χ4n) is 3.15. The second-order valence-corrected chi connectivity index (χ2v) is 9.11. The number of aromatic nitrogens is 3. The fourth-order valence-corrected chi connectivity index (χ4v) is 4.66. The number of ketones is 1. The highest BCUT2D eigenvalue weighted by molar-refractivity contribution is 7.20. The zero-order valence-electron chi connectivity index (χ0n) is 17.5. The molecule has 34 heavy (non-hydrogen) atoms. The van der Waals surface area contributed by atoms with Gasteiger partial charge in [0.2, 0.25) is 5.91 Å². The molecule has 0 spiro atoms. The first-order chi connectivity index (χ1) is 16.3. The van der Waals surface area contributed by atoms with Crippen LogP contribution in [0.25, 0.3) is 9.88 Å². The Morgan fingerprint density at radius 1 is 1.21 bits per heavy atom. The van der Waals surface area contributed by atoms with Crippen molar-refractivity contribution >= 4 is 40.1 Å². The summed E-state index contributed by atoms with van der Waals surface area (Å²) in [6.45, 7) is 1.97. The van der Waals surface area contributed by atoms with Crippen LogP contribution in [0, 0.1) is 0 Å². The van der Waals surface area contributed by atoms with Crippen LogP contribution in [0.3, 0.4) is 0 Å². The molecular weight excluding hydrogens is 495 g/mol. The lowest BCUT2D eigenvalue weighted by Crippen LogP contribution is -2.41. The van der Waals surface area contributed by atoms with E-state index in [1.54, 1.807) is 11.7 Å². The number of benzene rings is 1. The number of nitrogens with zero attached hydrogens (tertiary/aromatic N) is 4. The van der Waals surface area contributed by atoms with Gasteiger partial charge in [-0.2, -0.15) is 0 Å². The molecule has 3 heterocycles. The number of ether oxygens (including phenoxy) is 2. The van der Waals surface area contributed by atoms with Gasteiger partial charge in [0.15, 0.2) is 16.5 Å². The maximum absolute atomic E-state index is 12.9. The number of nitrogens with one attached hydrogen (secondary N) is 1. The Morgan fingerprint density at radius 3 is 2.71 bits per heavy atom.